The molecular weight excluding hydrogens is 336 g/mol. The fraction of sp³-hybridized carbons (Fsp3) is 0.273. The number of carbonyl (C=O) groups is 1. The molecule has 2 N–H and O–H groups in total. The van der Waals surface area contributed by atoms with Crippen LogP contribution in [0.25, 0.3) is 11.3 Å². The minimum atomic E-state index is 0.0455. The fourth-order valence-corrected chi connectivity index (χ4v) is 3.62. The van der Waals surface area contributed by atoms with Crippen LogP contribution in [0.2, 0.25) is 0 Å². The average Bonchev–Trinajstić information content (AvgIpc) is 3.36. The molecule has 2 aromatic carbocycles. The Labute approximate surface area is 159 Å². The molecule has 5 heteroatoms. The Morgan fingerprint density at radius 2 is 1.78 bits per heavy atom. The topological polar surface area (TPSA) is 64.2 Å². The van der Waals surface area contributed by atoms with Gasteiger partial charge in [0.05, 0.1) is 12.1 Å². The second-order valence-corrected chi connectivity index (χ2v) is 7.08. The third kappa shape index (κ3) is 3.78. The first-order valence-electron chi connectivity index (χ1n) is 9.40. The van der Waals surface area contributed by atoms with Gasteiger partial charge in [-0.15, -0.1) is 0 Å². The Hall–Kier alpha value is -2.92. The van der Waals surface area contributed by atoms with Gasteiger partial charge in [0.1, 0.15) is 5.69 Å². The van der Waals surface area contributed by atoms with E-state index < -0.39 is 0 Å². The third-order valence-electron chi connectivity index (χ3n) is 5.13. The molecule has 1 aliphatic heterocycles. The zero-order valence-electron chi connectivity index (χ0n) is 15.3. The van der Waals surface area contributed by atoms with Gasteiger partial charge in [-0.25, -0.2) is 0 Å². The molecule has 0 radical (unpaired) electrons. The molecule has 0 spiro atoms. The van der Waals surface area contributed by atoms with E-state index in [1.807, 2.05) is 64.3 Å². The number of hydrogen-bond donors (Lipinski definition) is 1. The maximum Gasteiger partial charge on any atom is 0.257 e. The second-order valence-electron chi connectivity index (χ2n) is 7.08. The maximum absolute atomic E-state index is 13.2. The van der Waals surface area contributed by atoms with Crippen molar-refractivity contribution < 1.29 is 4.79 Å². The molecule has 1 aromatic heterocycles. The Balaban J connectivity index is 1.67. The van der Waals surface area contributed by atoms with Crippen molar-refractivity contribution in [2.24, 2.45) is 11.7 Å². The van der Waals surface area contributed by atoms with Gasteiger partial charge in [0.2, 0.25) is 0 Å². The average molecular weight is 360 g/mol. The molecule has 5 nitrogen and oxygen atoms in total. The SMILES string of the molecule is NCC1CCN(C(=O)c2cn(Cc3ccccc3)nc2-c2ccccc2)C1. The highest BCUT2D eigenvalue weighted by molar-refractivity contribution is 6.00. The lowest BCUT2D eigenvalue weighted by atomic mass is 10.1. The summed E-state index contributed by atoms with van der Waals surface area (Å²) >= 11 is 0. The molecule has 3 aromatic rings. The van der Waals surface area contributed by atoms with E-state index in [4.69, 9.17) is 10.8 Å². The predicted octanol–water partition coefficient (Wildman–Crippen LogP) is 3.02. The van der Waals surface area contributed by atoms with E-state index in [1.54, 1.807) is 0 Å². The van der Waals surface area contributed by atoms with E-state index in [2.05, 4.69) is 12.1 Å². The van der Waals surface area contributed by atoms with Crippen LogP contribution < -0.4 is 5.73 Å². The molecule has 4 rings (SSSR count). The largest absolute Gasteiger partial charge is 0.338 e. The normalized spacial score (nSPS) is 16.6. The predicted molar refractivity (Wildman–Crippen MR) is 106 cm³/mol. The van der Waals surface area contributed by atoms with Gasteiger partial charge < -0.3 is 10.6 Å². The van der Waals surface area contributed by atoms with E-state index in [-0.39, 0.29) is 5.91 Å². The summed E-state index contributed by atoms with van der Waals surface area (Å²) in [6, 6.07) is 20.1. The highest BCUT2D eigenvalue weighted by atomic mass is 16.2. The molecule has 138 valence electrons. The van der Waals surface area contributed by atoms with E-state index in [9.17, 15) is 4.79 Å². The molecule has 1 amide bonds. The zero-order chi connectivity index (χ0) is 18.6. The minimum Gasteiger partial charge on any atom is -0.338 e. The highest BCUT2D eigenvalue weighted by Crippen LogP contribution is 2.26. The van der Waals surface area contributed by atoms with Gasteiger partial charge in [-0.05, 0) is 24.4 Å². The van der Waals surface area contributed by atoms with Gasteiger partial charge in [0.15, 0.2) is 0 Å². The van der Waals surface area contributed by atoms with Crippen molar-refractivity contribution in [1.82, 2.24) is 14.7 Å². The van der Waals surface area contributed by atoms with E-state index in [0.29, 0.717) is 24.6 Å². The molecule has 0 saturated carbocycles. The Bertz CT molecular complexity index is 905. The first-order chi connectivity index (χ1) is 13.2. The van der Waals surface area contributed by atoms with Gasteiger partial charge in [0, 0.05) is 24.8 Å². The number of aromatic nitrogens is 2. The standard InChI is InChI=1S/C22H24N4O/c23-13-18-11-12-25(14-18)22(27)20-16-26(15-17-7-3-1-4-8-17)24-21(20)19-9-5-2-6-10-19/h1-10,16,18H,11-15,23H2. The van der Waals surface area contributed by atoms with Crippen LogP contribution in [0.5, 0.6) is 0 Å². The van der Waals surface area contributed by atoms with E-state index >= 15 is 0 Å². The summed E-state index contributed by atoms with van der Waals surface area (Å²) in [6.07, 6.45) is 2.86. The summed E-state index contributed by atoms with van der Waals surface area (Å²) in [7, 11) is 0. The van der Waals surface area contributed by atoms with Crippen LogP contribution in [-0.2, 0) is 6.54 Å². The number of nitrogens with zero attached hydrogens (tertiary/aromatic N) is 3. The van der Waals surface area contributed by atoms with Crippen molar-refractivity contribution >= 4 is 5.91 Å². The van der Waals surface area contributed by atoms with Crippen LogP contribution in [0.4, 0.5) is 0 Å². The van der Waals surface area contributed by atoms with Crippen molar-refractivity contribution in [2.45, 2.75) is 13.0 Å². The molecule has 2 heterocycles. The van der Waals surface area contributed by atoms with E-state index in [1.165, 1.54) is 0 Å². The van der Waals surface area contributed by atoms with Crippen LogP contribution in [0, 0.1) is 5.92 Å². The second kappa shape index (κ2) is 7.76. The number of nitrogens with two attached hydrogens (primary N) is 1. The molecular formula is C22H24N4O. The number of carbonyl (C=O) groups excluding carboxylic acids is 1. The number of likely N-dealkylation sites (tertiary alicyclic amines) is 1. The minimum absolute atomic E-state index is 0.0455. The van der Waals surface area contributed by atoms with Gasteiger partial charge in [-0.2, -0.15) is 5.10 Å². The Morgan fingerprint density at radius 1 is 1.07 bits per heavy atom. The summed E-state index contributed by atoms with van der Waals surface area (Å²) in [6.45, 7) is 2.76. The van der Waals surface area contributed by atoms with Crippen molar-refractivity contribution in [2.75, 3.05) is 19.6 Å². The smallest absolute Gasteiger partial charge is 0.257 e. The number of amides is 1. The molecule has 0 aliphatic carbocycles. The molecule has 1 aliphatic rings. The van der Waals surface area contributed by atoms with Crippen LogP contribution in [0.3, 0.4) is 0 Å². The van der Waals surface area contributed by atoms with E-state index in [0.717, 1.165) is 36.3 Å². The zero-order valence-corrected chi connectivity index (χ0v) is 15.3. The number of hydrogen-bond acceptors (Lipinski definition) is 3. The fourth-order valence-electron chi connectivity index (χ4n) is 3.62. The summed E-state index contributed by atoms with van der Waals surface area (Å²) in [5, 5.41) is 4.75. The quantitative estimate of drug-likeness (QED) is 0.761. The Morgan fingerprint density at radius 3 is 2.44 bits per heavy atom. The van der Waals surface area contributed by atoms with Gasteiger partial charge in [-0.1, -0.05) is 60.7 Å². The van der Waals surface area contributed by atoms with Crippen molar-refractivity contribution in [3.63, 3.8) is 0 Å². The number of benzene rings is 2. The number of rotatable bonds is 5. The lowest BCUT2D eigenvalue weighted by Crippen LogP contribution is -2.30. The monoisotopic (exact) mass is 360 g/mol. The molecule has 0 bridgehead atoms. The molecule has 1 saturated heterocycles. The van der Waals surface area contributed by atoms with Crippen LogP contribution in [0.15, 0.2) is 66.9 Å². The molecule has 1 atom stereocenters. The molecule has 1 unspecified atom stereocenters. The van der Waals surface area contributed by atoms with Gasteiger partial charge in [-0.3, -0.25) is 9.48 Å². The lowest BCUT2D eigenvalue weighted by Gasteiger charge is -2.16. The van der Waals surface area contributed by atoms with Gasteiger partial charge >= 0.3 is 0 Å². The van der Waals surface area contributed by atoms with Crippen molar-refractivity contribution in [3.8, 4) is 11.3 Å². The summed E-state index contributed by atoms with van der Waals surface area (Å²) in [4.78, 5) is 15.1. The Kier molecular flexibility index (Phi) is 5.03. The van der Waals surface area contributed by atoms with Crippen molar-refractivity contribution in [1.29, 1.82) is 0 Å². The van der Waals surface area contributed by atoms with Crippen LogP contribution in [0.1, 0.15) is 22.3 Å². The molecule has 1 fully saturated rings. The summed E-state index contributed by atoms with van der Waals surface area (Å²) in [5.41, 5.74) is 9.31. The van der Waals surface area contributed by atoms with Crippen molar-refractivity contribution in [3.05, 3.63) is 78.0 Å². The third-order valence-corrected chi connectivity index (χ3v) is 5.13. The summed E-state index contributed by atoms with van der Waals surface area (Å²) < 4.78 is 1.86. The summed E-state index contributed by atoms with van der Waals surface area (Å²) in [5.74, 6) is 0.442. The van der Waals surface area contributed by atoms with Gasteiger partial charge in [0.25, 0.3) is 5.91 Å². The van der Waals surface area contributed by atoms with Crippen LogP contribution >= 0.6 is 0 Å². The molecule has 27 heavy (non-hydrogen) atoms. The first-order valence-corrected chi connectivity index (χ1v) is 9.40. The lowest BCUT2D eigenvalue weighted by molar-refractivity contribution is 0.0788. The highest BCUT2D eigenvalue weighted by Gasteiger charge is 2.29. The van der Waals surface area contributed by atoms with Crippen LogP contribution in [-0.4, -0.2) is 40.2 Å². The first kappa shape index (κ1) is 17.5. The maximum atomic E-state index is 13.2.